The van der Waals surface area contributed by atoms with E-state index in [2.05, 4.69) is 11.1 Å². The van der Waals surface area contributed by atoms with Gasteiger partial charge < -0.3 is 4.98 Å². The Balaban J connectivity index is 2.97. The van der Waals surface area contributed by atoms with Crippen LogP contribution in [0.3, 0.4) is 0 Å². The van der Waals surface area contributed by atoms with Crippen molar-refractivity contribution in [1.29, 1.82) is 5.26 Å². The molecular weight excluding hydrogens is 179 g/mol. The van der Waals surface area contributed by atoms with Crippen LogP contribution in [-0.2, 0) is 0 Å². The summed E-state index contributed by atoms with van der Waals surface area (Å²) in [6, 6.07) is 4.93. The molecule has 0 spiro atoms. The number of rotatable bonds is 0. The summed E-state index contributed by atoms with van der Waals surface area (Å²) in [6.45, 7) is 3.64. The maximum absolute atomic E-state index is 13.1. The number of benzene rings is 1. The highest BCUT2D eigenvalue weighted by Gasteiger charge is 2.10. The zero-order valence-electron chi connectivity index (χ0n) is 7.98. The molecule has 2 aromatic rings. The third-order valence-electron chi connectivity index (χ3n) is 2.37. The minimum atomic E-state index is -0.300. The highest BCUT2D eigenvalue weighted by Crippen LogP contribution is 2.25. The van der Waals surface area contributed by atoms with E-state index >= 15 is 0 Å². The number of nitrogens with zero attached hydrogens (tertiary/aromatic N) is 1. The van der Waals surface area contributed by atoms with Crippen LogP contribution in [0.1, 0.15) is 16.8 Å². The van der Waals surface area contributed by atoms with Crippen LogP contribution in [0.5, 0.6) is 0 Å². The molecule has 2 rings (SSSR count). The molecule has 0 saturated carbocycles. The largest absolute Gasteiger partial charge is 0.357 e. The summed E-state index contributed by atoms with van der Waals surface area (Å²) in [5.41, 5.74) is 2.99. The van der Waals surface area contributed by atoms with Crippen molar-refractivity contribution in [3.8, 4) is 6.07 Å². The molecule has 0 fully saturated rings. The third-order valence-corrected chi connectivity index (χ3v) is 2.37. The molecule has 0 unspecified atom stereocenters. The Morgan fingerprint density at radius 2 is 2.07 bits per heavy atom. The summed E-state index contributed by atoms with van der Waals surface area (Å²) in [4.78, 5) is 3.08. The maximum atomic E-state index is 13.1. The highest BCUT2D eigenvalue weighted by molar-refractivity contribution is 5.89. The number of halogens is 1. The van der Waals surface area contributed by atoms with E-state index in [1.807, 2.05) is 13.8 Å². The molecule has 70 valence electrons. The molecule has 0 bridgehead atoms. The summed E-state index contributed by atoms with van der Waals surface area (Å²) in [6.07, 6.45) is 0. The average molecular weight is 188 g/mol. The van der Waals surface area contributed by atoms with Gasteiger partial charge in [0.05, 0.1) is 11.1 Å². The van der Waals surface area contributed by atoms with Gasteiger partial charge in [-0.25, -0.2) is 4.39 Å². The molecule has 0 aliphatic heterocycles. The van der Waals surface area contributed by atoms with Crippen molar-refractivity contribution in [3.05, 3.63) is 34.8 Å². The van der Waals surface area contributed by atoms with E-state index in [0.29, 0.717) is 10.9 Å². The third kappa shape index (κ3) is 1.08. The van der Waals surface area contributed by atoms with Gasteiger partial charge in [-0.1, -0.05) is 0 Å². The van der Waals surface area contributed by atoms with E-state index in [4.69, 9.17) is 5.26 Å². The SMILES string of the molecule is Cc1[nH]c2c(C)cc(F)cc2c1C#N. The van der Waals surface area contributed by atoms with E-state index in [1.165, 1.54) is 12.1 Å². The summed E-state index contributed by atoms with van der Waals surface area (Å²) in [5.74, 6) is -0.300. The van der Waals surface area contributed by atoms with Crippen molar-refractivity contribution in [1.82, 2.24) is 4.98 Å². The Morgan fingerprint density at radius 1 is 1.36 bits per heavy atom. The Hall–Kier alpha value is -1.82. The molecule has 0 aliphatic carbocycles. The van der Waals surface area contributed by atoms with Gasteiger partial charge in [0.1, 0.15) is 11.9 Å². The van der Waals surface area contributed by atoms with Crippen molar-refractivity contribution in [2.24, 2.45) is 0 Å². The molecule has 1 aromatic heterocycles. The smallest absolute Gasteiger partial charge is 0.124 e. The molecule has 0 aliphatic rings. The molecular formula is C11H9FN2. The first kappa shape index (κ1) is 8.76. The van der Waals surface area contributed by atoms with Gasteiger partial charge in [0, 0.05) is 11.1 Å². The predicted molar refractivity (Wildman–Crippen MR) is 52.4 cm³/mol. The Kier molecular flexibility index (Phi) is 1.78. The molecule has 1 aromatic carbocycles. The first-order chi connectivity index (χ1) is 6.63. The van der Waals surface area contributed by atoms with Crippen molar-refractivity contribution in [2.45, 2.75) is 13.8 Å². The zero-order chi connectivity index (χ0) is 10.3. The molecule has 0 radical (unpaired) electrons. The van der Waals surface area contributed by atoms with Crippen molar-refractivity contribution < 1.29 is 4.39 Å². The number of aromatic nitrogens is 1. The number of aryl methyl sites for hydroxylation is 2. The fourth-order valence-electron chi connectivity index (χ4n) is 1.70. The second-order valence-corrected chi connectivity index (χ2v) is 3.38. The van der Waals surface area contributed by atoms with Crippen molar-refractivity contribution in [3.63, 3.8) is 0 Å². The Bertz CT molecular complexity index is 546. The van der Waals surface area contributed by atoms with E-state index in [-0.39, 0.29) is 5.82 Å². The number of aromatic amines is 1. The van der Waals surface area contributed by atoms with Crippen molar-refractivity contribution >= 4 is 10.9 Å². The van der Waals surface area contributed by atoms with Crippen LogP contribution in [-0.4, -0.2) is 4.98 Å². The molecule has 1 N–H and O–H groups in total. The summed E-state index contributed by atoms with van der Waals surface area (Å²) in [7, 11) is 0. The second-order valence-electron chi connectivity index (χ2n) is 3.38. The van der Waals surface area contributed by atoms with E-state index in [1.54, 1.807) is 0 Å². The van der Waals surface area contributed by atoms with Gasteiger partial charge >= 0.3 is 0 Å². The Labute approximate surface area is 81.0 Å². The van der Waals surface area contributed by atoms with Crippen molar-refractivity contribution in [2.75, 3.05) is 0 Å². The second kappa shape index (κ2) is 2.85. The minimum absolute atomic E-state index is 0.300. The van der Waals surface area contributed by atoms with Gasteiger partial charge in [0.15, 0.2) is 0 Å². The molecule has 1 heterocycles. The van der Waals surface area contributed by atoms with Gasteiger partial charge in [0.25, 0.3) is 0 Å². The van der Waals surface area contributed by atoms with E-state index in [0.717, 1.165) is 16.8 Å². The summed E-state index contributed by atoms with van der Waals surface area (Å²) in [5, 5.41) is 9.56. The highest BCUT2D eigenvalue weighted by atomic mass is 19.1. The molecule has 3 heteroatoms. The first-order valence-electron chi connectivity index (χ1n) is 4.32. The number of H-pyrrole nitrogens is 1. The lowest BCUT2D eigenvalue weighted by Crippen LogP contribution is -1.80. The fraction of sp³-hybridized carbons (Fsp3) is 0.182. The predicted octanol–water partition coefficient (Wildman–Crippen LogP) is 2.80. The number of nitriles is 1. The number of nitrogens with one attached hydrogen (secondary N) is 1. The van der Waals surface area contributed by atoms with Gasteiger partial charge in [0.2, 0.25) is 0 Å². The molecule has 0 amide bonds. The van der Waals surface area contributed by atoms with Gasteiger partial charge in [-0.3, -0.25) is 0 Å². The fourth-order valence-corrected chi connectivity index (χ4v) is 1.70. The quantitative estimate of drug-likeness (QED) is 0.678. The van der Waals surface area contributed by atoms with Gasteiger partial charge in [-0.15, -0.1) is 0 Å². The van der Waals surface area contributed by atoms with E-state index in [9.17, 15) is 4.39 Å². The number of hydrogen-bond donors (Lipinski definition) is 1. The standard InChI is InChI=1S/C11H9FN2/c1-6-3-8(12)4-9-10(5-13)7(2)14-11(6)9/h3-4,14H,1-2H3. The monoisotopic (exact) mass is 188 g/mol. The zero-order valence-corrected chi connectivity index (χ0v) is 7.98. The van der Waals surface area contributed by atoms with Gasteiger partial charge in [-0.2, -0.15) is 5.26 Å². The summed E-state index contributed by atoms with van der Waals surface area (Å²) < 4.78 is 13.1. The molecule has 0 saturated heterocycles. The number of fused-ring (bicyclic) bond motifs is 1. The first-order valence-corrected chi connectivity index (χ1v) is 4.32. The topological polar surface area (TPSA) is 39.6 Å². The summed E-state index contributed by atoms with van der Waals surface area (Å²) >= 11 is 0. The van der Waals surface area contributed by atoms with Crippen LogP contribution >= 0.6 is 0 Å². The average Bonchev–Trinajstić information content (AvgIpc) is 2.41. The lowest BCUT2D eigenvalue weighted by Gasteiger charge is -1.96. The van der Waals surface area contributed by atoms with E-state index < -0.39 is 0 Å². The Morgan fingerprint density at radius 3 is 2.71 bits per heavy atom. The van der Waals surface area contributed by atoms with Crippen LogP contribution in [0.4, 0.5) is 4.39 Å². The van der Waals surface area contributed by atoms with Crippen LogP contribution in [0.2, 0.25) is 0 Å². The molecule has 14 heavy (non-hydrogen) atoms. The molecule has 2 nitrogen and oxygen atoms in total. The lowest BCUT2D eigenvalue weighted by molar-refractivity contribution is 0.628. The van der Waals surface area contributed by atoms with Gasteiger partial charge in [-0.05, 0) is 31.5 Å². The molecule has 0 atom stereocenters. The van der Waals surface area contributed by atoms with Crippen LogP contribution < -0.4 is 0 Å². The van der Waals surface area contributed by atoms with Crippen LogP contribution in [0, 0.1) is 31.0 Å². The van der Waals surface area contributed by atoms with Crippen LogP contribution in [0.25, 0.3) is 10.9 Å². The minimum Gasteiger partial charge on any atom is -0.357 e. The normalized spacial score (nSPS) is 10.4. The van der Waals surface area contributed by atoms with Crippen LogP contribution in [0.15, 0.2) is 12.1 Å². The maximum Gasteiger partial charge on any atom is 0.124 e. The number of hydrogen-bond acceptors (Lipinski definition) is 1. The lowest BCUT2D eigenvalue weighted by atomic mass is 10.1.